The lowest BCUT2D eigenvalue weighted by atomic mass is 10.2. The number of hydrogen-bond donors (Lipinski definition) is 0. The Balaban J connectivity index is 1.38. The summed E-state index contributed by atoms with van der Waals surface area (Å²) in [5.74, 6) is 0.330. The van der Waals surface area contributed by atoms with Crippen molar-refractivity contribution in [1.82, 2.24) is 9.80 Å². The first-order valence-electron chi connectivity index (χ1n) is 8.76. The van der Waals surface area contributed by atoms with Gasteiger partial charge in [0, 0.05) is 31.1 Å². The van der Waals surface area contributed by atoms with Crippen LogP contribution in [0.25, 0.3) is 0 Å². The number of para-hydroxylation sites is 1. The molecule has 0 N–H and O–H groups in total. The molecule has 1 fully saturated rings. The van der Waals surface area contributed by atoms with Gasteiger partial charge in [-0.1, -0.05) is 12.1 Å². The van der Waals surface area contributed by atoms with Gasteiger partial charge in [0.15, 0.2) is 5.76 Å². The third kappa shape index (κ3) is 3.57. The topological polar surface area (TPSA) is 74.1 Å². The van der Waals surface area contributed by atoms with Gasteiger partial charge in [-0.3, -0.25) is 14.4 Å². The number of furan rings is 1. The second-order valence-corrected chi connectivity index (χ2v) is 7.40. The Morgan fingerprint density at radius 3 is 2.48 bits per heavy atom. The van der Waals surface area contributed by atoms with Crippen molar-refractivity contribution in [2.75, 3.05) is 43.4 Å². The number of carbonyl (C=O) groups is 3. The monoisotopic (exact) mass is 385 g/mol. The van der Waals surface area contributed by atoms with Gasteiger partial charge in [-0.2, -0.15) is 0 Å². The molecule has 0 radical (unpaired) electrons. The van der Waals surface area contributed by atoms with Crippen LogP contribution in [0.2, 0.25) is 0 Å². The van der Waals surface area contributed by atoms with Gasteiger partial charge in [0.2, 0.25) is 11.8 Å². The number of fused-ring (bicyclic) bond motifs is 1. The number of nitrogens with zero attached hydrogens (tertiary/aromatic N) is 3. The molecule has 27 heavy (non-hydrogen) atoms. The Kier molecular flexibility index (Phi) is 4.89. The van der Waals surface area contributed by atoms with Gasteiger partial charge in [-0.25, -0.2) is 0 Å². The molecule has 0 spiro atoms. The molecule has 2 aliphatic rings. The second kappa shape index (κ2) is 7.48. The first-order chi connectivity index (χ1) is 13.1. The van der Waals surface area contributed by atoms with Crippen LogP contribution in [-0.2, 0) is 9.59 Å². The molecule has 8 heteroatoms. The van der Waals surface area contributed by atoms with E-state index in [4.69, 9.17) is 4.42 Å². The SMILES string of the molecule is O=C(CN1C(=O)CSc2ccccc21)N1CCN(C(=O)c2ccco2)CC1. The van der Waals surface area contributed by atoms with Crippen LogP contribution < -0.4 is 4.90 Å². The molecule has 140 valence electrons. The van der Waals surface area contributed by atoms with E-state index in [1.807, 2.05) is 24.3 Å². The summed E-state index contributed by atoms with van der Waals surface area (Å²) in [6.07, 6.45) is 1.47. The standard InChI is InChI=1S/C19H19N3O4S/c23-17(12-22-14-4-1-2-6-16(14)27-13-18(22)24)20-7-9-21(10-8-20)19(25)15-5-3-11-26-15/h1-6,11H,7-10,12-13H2. The molecule has 7 nitrogen and oxygen atoms in total. The van der Waals surface area contributed by atoms with E-state index in [1.165, 1.54) is 18.0 Å². The Morgan fingerprint density at radius 2 is 1.74 bits per heavy atom. The molecule has 3 heterocycles. The highest BCUT2D eigenvalue weighted by molar-refractivity contribution is 8.00. The summed E-state index contributed by atoms with van der Waals surface area (Å²) in [4.78, 5) is 43.3. The van der Waals surface area contributed by atoms with Gasteiger partial charge < -0.3 is 19.1 Å². The summed E-state index contributed by atoms with van der Waals surface area (Å²) in [6.45, 7) is 1.83. The van der Waals surface area contributed by atoms with Gasteiger partial charge in [0.25, 0.3) is 5.91 Å². The molecule has 0 aliphatic carbocycles. The molecule has 0 bridgehead atoms. The summed E-state index contributed by atoms with van der Waals surface area (Å²) in [5.41, 5.74) is 0.790. The van der Waals surface area contributed by atoms with E-state index in [0.29, 0.717) is 37.7 Å². The molecule has 0 saturated carbocycles. The van der Waals surface area contributed by atoms with Gasteiger partial charge >= 0.3 is 0 Å². The average Bonchev–Trinajstić information content (AvgIpc) is 3.24. The van der Waals surface area contributed by atoms with Gasteiger partial charge in [0.1, 0.15) is 6.54 Å². The van der Waals surface area contributed by atoms with Crippen molar-refractivity contribution in [3.05, 3.63) is 48.4 Å². The third-order valence-electron chi connectivity index (χ3n) is 4.75. The summed E-state index contributed by atoms with van der Waals surface area (Å²) in [7, 11) is 0. The van der Waals surface area contributed by atoms with Crippen LogP contribution in [0, 0.1) is 0 Å². The number of piperazine rings is 1. The summed E-state index contributed by atoms with van der Waals surface area (Å²) in [5, 5.41) is 0. The average molecular weight is 385 g/mol. The molecule has 1 saturated heterocycles. The Labute approximate surface area is 160 Å². The minimum absolute atomic E-state index is 0.0303. The maximum atomic E-state index is 12.7. The van der Waals surface area contributed by atoms with Gasteiger partial charge in [0.05, 0.1) is 17.7 Å². The van der Waals surface area contributed by atoms with E-state index < -0.39 is 0 Å². The maximum absolute atomic E-state index is 12.7. The Morgan fingerprint density at radius 1 is 1.00 bits per heavy atom. The van der Waals surface area contributed by atoms with Crippen LogP contribution in [-0.4, -0.2) is 66.0 Å². The van der Waals surface area contributed by atoms with E-state index in [-0.39, 0.29) is 24.3 Å². The lowest BCUT2D eigenvalue weighted by Gasteiger charge is -2.36. The van der Waals surface area contributed by atoms with Crippen molar-refractivity contribution < 1.29 is 18.8 Å². The van der Waals surface area contributed by atoms with Crippen LogP contribution in [0.3, 0.4) is 0 Å². The molecule has 2 aliphatic heterocycles. The summed E-state index contributed by atoms with van der Waals surface area (Å²) >= 11 is 1.50. The number of hydrogen-bond acceptors (Lipinski definition) is 5. The normalized spacial score (nSPS) is 17.0. The summed E-state index contributed by atoms with van der Waals surface area (Å²) < 4.78 is 5.15. The predicted octanol–water partition coefficient (Wildman–Crippen LogP) is 1.70. The number of amides is 3. The minimum Gasteiger partial charge on any atom is -0.459 e. The number of thioether (sulfide) groups is 1. The minimum atomic E-state index is -0.163. The molecule has 0 unspecified atom stereocenters. The van der Waals surface area contributed by atoms with E-state index in [2.05, 4.69) is 0 Å². The Hall–Kier alpha value is -2.74. The molecule has 4 rings (SSSR count). The molecular formula is C19H19N3O4S. The molecule has 0 atom stereocenters. The highest BCUT2D eigenvalue weighted by atomic mass is 32.2. The lowest BCUT2D eigenvalue weighted by Crippen LogP contribution is -2.53. The largest absolute Gasteiger partial charge is 0.459 e. The molecular weight excluding hydrogens is 366 g/mol. The van der Waals surface area contributed by atoms with Crippen molar-refractivity contribution in [2.24, 2.45) is 0 Å². The van der Waals surface area contributed by atoms with Crippen LogP contribution in [0.1, 0.15) is 10.6 Å². The fourth-order valence-corrected chi connectivity index (χ4v) is 4.21. The van der Waals surface area contributed by atoms with Gasteiger partial charge in [-0.15, -0.1) is 11.8 Å². The van der Waals surface area contributed by atoms with E-state index in [1.54, 1.807) is 26.8 Å². The fourth-order valence-electron chi connectivity index (χ4n) is 3.28. The van der Waals surface area contributed by atoms with Crippen molar-refractivity contribution in [2.45, 2.75) is 4.90 Å². The van der Waals surface area contributed by atoms with Crippen molar-refractivity contribution >= 4 is 35.2 Å². The molecule has 1 aromatic carbocycles. The van der Waals surface area contributed by atoms with Gasteiger partial charge in [-0.05, 0) is 24.3 Å². The van der Waals surface area contributed by atoms with E-state index >= 15 is 0 Å². The van der Waals surface area contributed by atoms with Crippen LogP contribution in [0.4, 0.5) is 5.69 Å². The van der Waals surface area contributed by atoms with E-state index in [0.717, 1.165) is 10.6 Å². The molecule has 3 amide bonds. The number of carbonyl (C=O) groups excluding carboxylic acids is 3. The van der Waals surface area contributed by atoms with Crippen LogP contribution in [0.5, 0.6) is 0 Å². The fraction of sp³-hybridized carbons (Fsp3) is 0.316. The zero-order chi connectivity index (χ0) is 18.8. The summed E-state index contributed by atoms with van der Waals surface area (Å²) in [6, 6.07) is 10.9. The predicted molar refractivity (Wildman–Crippen MR) is 101 cm³/mol. The zero-order valence-electron chi connectivity index (χ0n) is 14.7. The van der Waals surface area contributed by atoms with Crippen molar-refractivity contribution in [3.63, 3.8) is 0 Å². The highest BCUT2D eigenvalue weighted by Crippen LogP contribution is 2.34. The Bertz CT molecular complexity index is 860. The highest BCUT2D eigenvalue weighted by Gasteiger charge is 2.30. The number of anilines is 1. The lowest BCUT2D eigenvalue weighted by molar-refractivity contribution is -0.132. The number of benzene rings is 1. The molecule has 2 aromatic rings. The van der Waals surface area contributed by atoms with Crippen LogP contribution >= 0.6 is 11.8 Å². The first-order valence-corrected chi connectivity index (χ1v) is 9.75. The zero-order valence-corrected chi connectivity index (χ0v) is 15.5. The molecule has 1 aromatic heterocycles. The van der Waals surface area contributed by atoms with Crippen LogP contribution in [0.15, 0.2) is 52.0 Å². The first kappa shape index (κ1) is 17.7. The quantitative estimate of drug-likeness (QED) is 0.804. The maximum Gasteiger partial charge on any atom is 0.289 e. The smallest absolute Gasteiger partial charge is 0.289 e. The van der Waals surface area contributed by atoms with Crippen molar-refractivity contribution in [1.29, 1.82) is 0 Å². The number of rotatable bonds is 3. The van der Waals surface area contributed by atoms with E-state index in [9.17, 15) is 14.4 Å². The third-order valence-corrected chi connectivity index (χ3v) is 5.80. The van der Waals surface area contributed by atoms with Crippen molar-refractivity contribution in [3.8, 4) is 0 Å². The second-order valence-electron chi connectivity index (χ2n) is 6.39.